The molecule has 6 nitrogen and oxygen atoms in total. The van der Waals surface area contributed by atoms with Crippen LogP contribution in [-0.2, 0) is 0 Å². The average Bonchev–Trinajstić information content (AvgIpc) is 2.37. The molecule has 100 valence electrons. The Balaban J connectivity index is 2.65. The van der Waals surface area contributed by atoms with E-state index >= 15 is 0 Å². The van der Waals surface area contributed by atoms with Crippen LogP contribution in [0.5, 0.6) is 11.5 Å². The van der Waals surface area contributed by atoms with E-state index in [0.29, 0.717) is 17.4 Å². The van der Waals surface area contributed by atoms with Crippen LogP contribution in [0.3, 0.4) is 0 Å². The Hall–Kier alpha value is -2.37. The molecule has 0 spiro atoms. The highest BCUT2D eigenvalue weighted by Gasteiger charge is 2.14. The summed E-state index contributed by atoms with van der Waals surface area (Å²) >= 11 is 0. The molecule has 2 rings (SSSR count). The molecular formula is C13H16N4O2. The van der Waals surface area contributed by atoms with Crippen molar-refractivity contribution >= 4 is 5.95 Å². The number of nitrogens with two attached hydrogens (primary N) is 1. The molecular weight excluding hydrogens is 244 g/mol. The number of hydrogen-bond acceptors (Lipinski definition) is 6. The predicted octanol–water partition coefficient (Wildman–Crippen LogP) is 1.75. The third-order valence-corrected chi connectivity index (χ3v) is 2.72. The van der Waals surface area contributed by atoms with Crippen molar-refractivity contribution in [3.63, 3.8) is 0 Å². The van der Waals surface area contributed by atoms with E-state index in [0.717, 1.165) is 16.9 Å². The third kappa shape index (κ3) is 2.57. The standard InChI is InChI=1S/C13H16N4O2/c1-7-5-11(19-4)9(6-10(7)18-3)12-15-8(2)16-13(14)17-12/h5-6H,1-4H3,(H2,14,15,16,17). The molecule has 0 aliphatic heterocycles. The van der Waals surface area contributed by atoms with Gasteiger partial charge >= 0.3 is 0 Å². The van der Waals surface area contributed by atoms with Gasteiger partial charge in [0.2, 0.25) is 5.95 Å². The van der Waals surface area contributed by atoms with E-state index in [2.05, 4.69) is 15.0 Å². The monoisotopic (exact) mass is 260 g/mol. The lowest BCUT2D eigenvalue weighted by Crippen LogP contribution is -2.03. The van der Waals surface area contributed by atoms with Crippen LogP contribution < -0.4 is 15.2 Å². The predicted molar refractivity (Wildman–Crippen MR) is 72.3 cm³/mol. The lowest BCUT2D eigenvalue weighted by Gasteiger charge is -2.12. The van der Waals surface area contributed by atoms with Crippen LogP contribution >= 0.6 is 0 Å². The van der Waals surface area contributed by atoms with Crippen LogP contribution in [0.15, 0.2) is 12.1 Å². The molecule has 1 aromatic carbocycles. The number of aromatic nitrogens is 3. The zero-order valence-corrected chi connectivity index (χ0v) is 11.4. The van der Waals surface area contributed by atoms with Gasteiger partial charge < -0.3 is 15.2 Å². The summed E-state index contributed by atoms with van der Waals surface area (Å²) in [5.74, 6) is 2.63. The van der Waals surface area contributed by atoms with Crippen molar-refractivity contribution in [3.05, 3.63) is 23.5 Å². The van der Waals surface area contributed by atoms with E-state index in [1.54, 1.807) is 21.1 Å². The van der Waals surface area contributed by atoms with E-state index in [9.17, 15) is 0 Å². The van der Waals surface area contributed by atoms with Crippen molar-refractivity contribution in [2.45, 2.75) is 13.8 Å². The molecule has 19 heavy (non-hydrogen) atoms. The Kier molecular flexibility index (Phi) is 3.50. The van der Waals surface area contributed by atoms with Crippen molar-refractivity contribution in [1.82, 2.24) is 15.0 Å². The van der Waals surface area contributed by atoms with Crippen molar-refractivity contribution in [2.75, 3.05) is 20.0 Å². The number of ether oxygens (including phenoxy) is 2. The van der Waals surface area contributed by atoms with Gasteiger partial charge in [0.25, 0.3) is 0 Å². The van der Waals surface area contributed by atoms with Gasteiger partial charge in [-0.15, -0.1) is 0 Å². The summed E-state index contributed by atoms with van der Waals surface area (Å²) in [7, 11) is 3.22. The minimum atomic E-state index is 0.184. The van der Waals surface area contributed by atoms with Crippen molar-refractivity contribution in [3.8, 4) is 22.9 Å². The molecule has 1 heterocycles. The van der Waals surface area contributed by atoms with Gasteiger partial charge in [0.15, 0.2) is 5.82 Å². The molecule has 0 aliphatic rings. The van der Waals surface area contributed by atoms with Gasteiger partial charge in [-0.25, -0.2) is 4.98 Å². The molecule has 0 fully saturated rings. The molecule has 2 N–H and O–H groups in total. The van der Waals surface area contributed by atoms with Gasteiger partial charge in [-0.05, 0) is 31.5 Å². The van der Waals surface area contributed by atoms with Gasteiger partial charge in [-0.3, -0.25) is 0 Å². The number of hydrogen-bond donors (Lipinski definition) is 1. The number of nitrogen functional groups attached to an aromatic ring is 1. The first-order valence-electron chi connectivity index (χ1n) is 5.76. The number of nitrogens with zero attached hydrogens (tertiary/aromatic N) is 3. The molecule has 0 saturated carbocycles. The van der Waals surface area contributed by atoms with Crippen LogP contribution in [0, 0.1) is 13.8 Å². The lowest BCUT2D eigenvalue weighted by molar-refractivity contribution is 0.401. The number of anilines is 1. The Morgan fingerprint density at radius 3 is 2.21 bits per heavy atom. The highest BCUT2D eigenvalue weighted by atomic mass is 16.5. The summed E-state index contributed by atoms with van der Waals surface area (Å²) in [6.07, 6.45) is 0. The molecule has 1 aromatic heterocycles. The lowest BCUT2D eigenvalue weighted by atomic mass is 10.1. The van der Waals surface area contributed by atoms with Gasteiger partial charge in [0.1, 0.15) is 17.3 Å². The van der Waals surface area contributed by atoms with Crippen LogP contribution in [0.1, 0.15) is 11.4 Å². The Morgan fingerprint density at radius 1 is 0.947 bits per heavy atom. The van der Waals surface area contributed by atoms with Crippen molar-refractivity contribution in [1.29, 1.82) is 0 Å². The van der Waals surface area contributed by atoms with E-state index in [1.165, 1.54) is 0 Å². The summed E-state index contributed by atoms with van der Waals surface area (Å²) in [5.41, 5.74) is 7.35. The quantitative estimate of drug-likeness (QED) is 0.905. The SMILES string of the molecule is COc1cc(-c2nc(C)nc(N)n2)c(OC)cc1C. The Morgan fingerprint density at radius 2 is 1.63 bits per heavy atom. The first-order valence-corrected chi connectivity index (χ1v) is 5.76. The normalized spacial score (nSPS) is 10.3. The maximum Gasteiger partial charge on any atom is 0.223 e. The summed E-state index contributed by atoms with van der Waals surface area (Å²) < 4.78 is 10.7. The van der Waals surface area contributed by atoms with Gasteiger partial charge in [-0.1, -0.05) is 0 Å². The summed E-state index contributed by atoms with van der Waals surface area (Å²) in [6, 6.07) is 3.71. The van der Waals surface area contributed by atoms with Crippen molar-refractivity contribution < 1.29 is 9.47 Å². The molecule has 6 heteroatoms. The van der Waals surface area contributed by atoms with E-state index < -0.39 is 0 Å². The number of aryl methyl sites for hydroxylation is 2. The van der Waals surface area contributed by atoms with Crippen molar-refractivity contribution in [2.24, 2.45) is 0 Å². The van der Waals surface area contributed by atoms with Gasteiger partial charge in [-0.2, -0.15) is 9.97 Å². The fourth-order valence-corrected chi connectivity index (χ4v) is 1.85. The molecule has 0 atom stereocenters. The number of benzene rings is 1. The van der Waals surface area contributed by atoms with Crippen LogP contribution in [0.4, 0.5) is 5.95 Å². The second kappa shape index (κ2) is 5.09. The zero-order valence-electron chi connectivity index (χ0n) is 11.4. The molecule has 0 unspecified atom stereocenters. The molecule has 2 aromatic rings. The second-order valence-corrected chi connectivity index (χ2v) is 4.09. The molecule has 0 aliphatic carbocycles. The fraction of sp³-hybridized carbons (Fsp3) is 0.308. The fourth-order valence-electron chi connectivity index (χ4n) is 1.85. The molecule has 0 saturated heterocycles. The highest BCUT2D eigenvalue weighted by molar-refractivity contribution is 5.68. The van der Waals surface area contributed by atoms with E-state index in [-0.39, 0.29) is 5.95 Å². The Bertz CT molecular complexity index is 594. The molecule has 0 amide bonds. The first-order chi connectivity index (χ1) is 9.05. The van der Waals surface area contributed by atoms with Crippen LogP contribution in [-0.4, -0.2) is 29.2 Å². The summed E-state index contributed by atoms with van der Waals surface area (Å²) in [6.45, 7) is 3.71. The third-order valence-electron chi connectivity index (χ3n) is 2.72. The van der Waals surface area contributed by atoms with Crippen LogP contribution in [0.2, 0.25) is 0 Å². The molecule has 0 radical (unpaired) electrons. The maximum atomic E-state index is 5.65. The minimum absolute atomic E-state index is 0.184. The highest BCUT2D eigenvalue weighted by Crippen LogP contribution is 2.34. The topological polar surface area (TPSA) is 83.2 Å². The first kappa shape index (κ1) is 13.1. The Labute approximate surface area is 111 Å². The number of methoxy groups -OCH3 is 2. The number of rotatable bonds is 3. The van der Waals surface area contributed by atoms with Crippen LogP contribution in [0.25, 0.3) is 11.4 Å². The van der Waals surface area contributed by atoms with Gasteiger partial charge in [0, 0.05) is 0 Å². The average molecular weight is 260 g/mol. The largest absolute Gasteiger partial charge is 0.496 e. The smallest absolute Gasteiger partial charge is 0.223 e. The maximum absolute atomic E-state index is 5.65. The summed E-state index contributed by atoms with van der Waals surface area (Å²) in [4.78, 5) is 12.4. The molecule has 0 bridgehead atoms. The second-order valence-electron chi connectivity index (χ2n) is 4.09. The summed E-state index contributed by atoms with van der Waals surface area (Å²) in [5, 5.41) is 0. The van der Waals surface area contributed by atoms with E-state index in [4.69, 9.17) is 15.2 Å². The van der Waals surface area contributed by atoms with E-state index in [1.807, 2.05) is 19.1 Å². The van der Waals surface area contributed by atoms with Gasteiger partial charge in [0.05, 0.1) is 19.8 Å². The zero-order chi connectivity index (χ0) is 14.0. The minimum Gasteiger partial charge on any atom is -0.496 e.